The fraction of sp³-hybridized carbons (Fsp3) is 0.346. The van der Waals surface area contributed by atoms with Crippen molar-refractivity contribution in [1.82, 2.24) is 5.32 Å². The Bertz CT molecular complexity index is 922. The first-order valence-corrected chi connectivity index (χ1v) is 10.4. The molecule has 0 saturated carbocycles. The van der Waals surface area contributed by atoms with Gasteiger partial charge in [-0.05, 0) is 85.7 Å². The molecule has 0 aliphatic rings. The van der Waals surface area contributed by atoms with Crippen LogP contribution in [0, 0.1) is 19.7 Å². The second-order valence-electron chi connectivity index (χ2n) is 7.48. The van der Waals surface area contributed by atoms with E-state index in [1.807, 2.05) is 19.9 Å². The summed E-state index contributed by atoms with van der Waals surface area (Å²) in [5.41, 5.74) is 8.60. The zero-order chi connectivity index (χ0) is 21.4. The molecule has 3 heteroatoms. The number of aliphatic imine (C=N–C) groups is 1. The van der Waals surface area contributed by atoms with E-state index in [-0.39, 0.29) is 5.82 Å². The molecule has 2 nitrogen and oxygen atoms in total. The van der Waals surface area contributed by atoms with Crippen molar-refractivity contribution in [3.63, 3.8) is 0 Å². The van der Waals surface area contributed by atoms with Crippen molar-refractivity contribution in [3.05, 3.63) is 82.8 Å². The topological polar surface area (TPSA) is 24.4 Å². The predicted octanol–water partition coefficient (Wildman–Crippen LogP) is 7.28. The van der Waals surface area contributed by atoms with Crippen LogP contribution >= 0.6 is 0 Å². The molecule has 2 aromatic rings. The minimum Gasteiger partial charge on any atom is -0.389 e. The number of nitrogens with one attached hydrogen (secondary N) is 1. The average Bonchev–Trinajstić information content (AvgIpc) is 2.67. The molecule has 0 saturated heterocycles. The van der Waals surface area contributed by atoms with Gasteiger partial charge in [0.2, 0.25) is 0 Å². The van der Waals surface area contributed by atoms with Gasteiger partial charge in [0.25, 0.3) is 0 Å². The number of halogens is 1. The second-order valence-corrected chi connectivity index (χ2v) is 7.48. The number of aryl methyl sites for hydroxylation is 2. The molecule has 0 aliphatic carbocycles. The van der Waals surface area contributed by atoms with Crippen molar-refractivity contribution in [1.29, 1.82) is 0 Å². The highest BCUT2D eigenvalue weighted by atomic mass is 19.1. The van der Waals surface area contributed by atoms with Gasteiger partial charge in [-0.15, -0.1) is 0 Å². The van der Waals surface area contributed by atoms with Crippen molar-refractivity contribution in [2.24, 2.45) is 4.99 Å². The van der Waals surface area contributed by atoms with Gasteiger partial charge in [-0.1, -0.05) is 38.6 Å². The molecule has 0 unspecified atom stereocenters. The summed E-state index contributed by atoms with van der Waals surface area (Å²) >= 11 is 0. The van der Waals surface area contributed by atoms with E-state index in [4.69, 9.17) is 4.99 Å². The number of rotatable bonds is 9. The van der Waals surface area contributed by atoms with Crippen LogP contribution in [-0.2, 0) is 0 Å². The summed E-state index contributed by atoms with van der Waals surface area (Å²) in [5.74, 6) is -0.198. The molecule has 0 atom stereocenters. The number of hydrogen-bond acceptors (Lipinski definition) is 2. The van der Waals surface area contributed by atoms with E-state index in [1.165, 1.54) is 11.8 Å². The summed E-state index contributed by atoms with van der Waals surface area (Å²) in [6, 6.07) is 11.4. The van der Waals surface area contributed by atoms with E-state index in [9.17, 15) is 4.39 Å². The van der Waals surface area contributed by atoms with Crippen LogP contribution in [0.1, 0.15) is 62.3 Å². The quantitative estimate of drug-likeness (QED) is 0.445. The molecule has 29 heavy (non-hydrogen) atoms. The van der Waals surface area contributed by atoms with E-state index >= 15 is 0 Å². The average molecular weight is 393 g/mol. The molecule has 154 valence electrons. The highest BCUT2D eigenvalue weighted by molar-refractivity contribution is 5.88. The van der Waals surface area contributed by atoms with Crippen LogP contribution in [0.5, 0.6) is 0 Å². The van der Waals surface area contributed by atoms with Gasteiger partial charge in [0.1, 0.15) is 5.82 Å². The molecule has 0 heterocycles. The number of nitrogens with zero attached hydrogens (tertiary/aromatic N) is 1. The van der Waals surface area contributed by atoms with Gasteiger partial charge in [0.15, 0.2) is 0 Å². The molecule has 0 bridgehead atoms. The smallest absolute Gasteiger partial charge is 0.123 e. The molecule has 0 aromatic heterocycles. The Morgan fingerprint density at radius 2 is 1.86 bits per heavy atom. The molecular formula is C26H33FN2. The predicted molar refractivity (Wildman–Crippen MR) is 125 cm³/mol. The van der Waals surface area contributed by atoms with Crippen LogP contribution in [0.2, 0.25) is 0 Å². The lowest BCUT2D eigenvalue weighted by atomic mass is 9.92. The van der Waals surface area contributed by atoms with Crippen LogP contribution in [-0.4, -0.2) is 12.3 Å². The summed E-state index contributed by atoms with van der Waals surface area (Å²) in [4.78, 5) is 4.90. The fourth-order valence-electron chi connectivity index (χ4n) is 3.37. The van der Waals surface area contributed by atoms with Gasteiger partial charge in [-0.25, -0.2) is 4.39 Å². The number of hydrogen-bond donors (Lipinski definition) is 1. The first-order valence-electron chi connectivity index (χ1n) is 10.4. The highest BCUT2D eigenvalue weighted by Crippen LogP contribution is 2.31. The van der Waals surface area contributed by atoms with Crippen LogP contribution in [0.25, 0.3) is 5.57 Å². The van der Waals surface area contributed by atoms with Crippen LogP contribution in [0.4, 0.5) is 10.1 Å². The zero-order valence-corrected chi connectivity index (χ0v) is 18.4. The largest absolute Gasteiger partial charge is 0.389 e. The van der Waals surface area contributed by atoms with Gasteiger partial charge < -0.3 is 5.32 Å². The Balaban J connectivity index is 2.33. The minimum atomic E-state index is -0.198. The Morgan fingerprint density at radius 1 is 1.10 bits per heavy atom. The third kappa shape index (κ3) is 6.42. The number of benzene rings is 2. The SMILES string of the molecule is C=C(C)NCCC(CC)=Nc1ccc(/C(=C/CC)c2ccc(F)cc2C)cc1C. The van der Waals surface area contributed by atoms with Gasteiger partial charge >= 0.3 is 0 Å². The highest BCUT2D eigenvalue weighted by Gasteiger charge is 2.10. The molecule has 2 aromatic carbocycles. The molecule has 0 spiro atoms. The maximum Gasteiger partial charge on any atom is 0.123 e. The molecule has 0 fully saturated rings. The summed E-state index contributed by atoms with van der Waals surface area (Å²) in [6.07, 6.45) is 4.95. The summed E-state index contributed by atoms with van der Waals surface area (Å²) < 4.78 is 13.6. The summed E-state index contributed by atoms with van der Waals surface area (Å²) in [7, 11) is 0. The molecule has 1 N–H and O–H groups in total. The van der Waals surface area contributed by atoms with E-state index < -0.39 is 0 Å². The normalized spacial score (nSPS) is 12.2. The second kappa shape index (κ2) is 10.8. The molecule has 0 amide bonds. The van der Waals surface area contributed by atoms with Crippen LogP contribution in [0.15, 0.2) is 59.7 Å². The zero-order valence-electron chi connectivity index (χ0n) is 18.4. The first-order chi connectivity index (χ1) is 13.8. The molecule has 0 radical (unpaired) electrons. The van der Waals surface area contributed by atoms with E-state index in [0.29, 0.717) is 0 Å². The Morgan fingerprint density at radius 3 is 2.45 bits per heavy atom. The van der Waals surface area contributed by atoms with Crippen molar-refractivity contribution >= 4 is 17.0 Å². The van der Waals surface area contributed by atoms with Crippen molar-refractivity contribution in [2.45, 2.75) is 53.9 Å². The third-order valence-corrected chi connectivity index (χ3v) is 4.92. The lowest BCUT2D eigenvalue weighted by Gasteiger charge is -2.14. The summed E-state index contributed by atoms with van der Waals surface area (Å²) in [6.45, 7) is 15.0. The fourth-order valence-corrected chi connectivity index (χ4v) is 3.37. The molecule has 2 rings (SSSR count). The van der Waals surface area contributed by atoms with Crippen molar-refractivity contribution < 1.29 is 4.39 Å². The number of allylic oxidation sites excluding steroid dienone is 2. The molecule has 0 aliphatic heterocycles. The van der Waals surface area contributed by atoms with Crippen molar-refractivity contribution in [2.75, 3.05) is 6.54 Å². The molecular weight excluding hydrogens is 359 g/mol. The Kier molecular flexibility index (Phi) is 8.38. The first kappa shape index (κ1) is 22.6. The standard InChI is InChI=1S/C26H33FN2/c1-7-9-25(24-12-11-22(27)17-19(24)5)21-10-13-26(20(6)16-21)29-23(8-2)14-15-28-18(3)4/h9-13,16-17,28H,3,7-8,14-15H2,1-2,4-6H3/b25-9-,29-23?. The van der Waals surface area contributed by atoms with Crippen LogP contribution < -0.4 is 5.32 Å². The summed E-state index contributed by atoms with van der Waals surface area (Å²) in [5, 5.41) is 3.27. The van der Waals surface area contributed by atoms with E-state index in [2.05, 4.69) is 56.9 Å². The van der Waals surface area contributed by atoms with Gasteiger partial charge in [-0.3, -0.25) is 4.99 Å². The van der Waals surface area contributed by atoms with E-state index in [0.717, 1.165) is 65.0 Å². The maximum atomic E-state index is 13.6. The van der Waals surface area contributed by atoms with Crippen molar-refractivity contribution in [3.8, 4) is 0 Å². The monoisotopic (exact) mass is 392 g/mol. The van der Waals surface area contributed by atoms with Crippen LogP contribution in [0.3, 0.4) is 0 Å². The van der Waals surface area contributed by atoms with E-state index in [1.54, 1.807) is 6.07 Å². The minimum absolute atomic E-state index is 0.198. The Hall–Kier alpha value is -2.68. The van der Waals surface area contributed by atoms with Gasteiger partial charge in [0.05, 0.1) is 5.69 Å². The Labute approximate surface area is 175 Å². The third-order valence-electron chi connectivity index (χ3n) is 4.92. The van der Waals surface area contributed by atoms with Gasteiger partial charge in [-0.2, -0.15) is 0 Å². The maximum absolute atomic E-state index is 13.6. The lowest BCUT2D eigenvalue weighted by Crippen LogP contribution is -2.15. The lowest BCUT2D eigenvalue weighted by molar-refractivity contribution is 0.626. The van der Waals surface area contributed by atoms with Gasteiger partial charge in [0, 0.05) is 24.4 Å².